The second-order valence-electron chi connectivity index (χ2n) is 3.84. The van der Waals surface area contributed by atoms with Crippen molar-refractivity contribution in [3.8, 4) is 0 Å². The normalized spacial score (nSPS) is 29.1. The van der Waals surface area contributed by atoms with Crippen LogP contribution in [0.2, 0.25) is 0 Å². The lowest BCUT2D eigenvalue weighted by Gasteiger charge is -2.37. The summed E-state index contributed by atoms with van der Waals surface area (Å²) in [6.45, 7) is 0. The molecule has 1 atom stereocenters. The van der Waals surface area contributed by atoms with Gasteiger partial charge in [0.1, 0.15) is 6.04 Å². The Morgan fingerprint density at radius 2 is 2.08 bits per heavy atom. The minimum Gasteiger partial charge on any atom is -0.368 e. The molecule has 2 aliphatic rings. The fourth-order valence-corrected chi connectivity index (χ4v) is 2.10. The van der Waals surface area contributed by atoms with Crippen molar-refractivity contribution in [2.45, 2.75) is 44.2 Å². The fraction of sp³-hybridized carbons (Fsp3) is 0.778. The van der Waals surface area contributed by atoms with Gasteiger partial charge in [-0.2, -0.15) is 0 Å². The van der Waals surface area contributed by atoms with Crippen LogP contribution in [-0.2, 0) is 9.59 Å². The van der Waals surface area contributed by atoms with Crippen molar-refractivity contribution in [3.63, 3.8) is 0 Å². The Kier molecular flexibility index (Phi) is 1.98. The Labute approximate surface area is 77.1 Å². The molecule has 0 aromatic carbocycles. The monoisotopic (exact) mass is 182 g/mol. The van der Waals surface area contributed by atoms with Crippen molar-refractivity contribution < 1.29 is 9.59 Å². The van der Waals surface area contributed by atoms with Crippen LogP contribution in [0.5, 0.6) is 0 Å². The molecule has 0 radical (unpaired) electrons. The Morgan fingerprint density at radius 3 is 2.54 bits per heavy atom. The van der Waals surface area contributed by atoms with E-state index in [0.717, 1.165) is 12.8 Å². The molecule has 72 valence electrons. The van der Waals surface area contributed by atoms with E-state index in [1.165, 1.54) is 6.42 Å². The number of carbonyl (C=O) groups is 2. The average molecular weight is 182 g/mol. The maximum atomic E-state index is 11.4. The number of hydrogen-bond donors (Lipinski definition) is 1. The molecule has 4 nitrogen and oxygen atoms in total. The average Bonchev–Trinajstić information content (AvgIpc) is 2.30. The third-order valence-corrected chi connectivity index (χ3v) is 3.05. The molecule has 2 N–H and O–H groups in total. The van der Waals surface area contributed by atoms with Gasteiger partial charge in [0, 0.05) is 12.5 Å². The second kappa shape index (κ2) is 3.01. The largest absolute Gasteiger partial charge is 0.368 e. The van der Waals surface area contributed by atoms with Gasteiger partial charge in [0.15, 0.2) is 0 Å². The van der Waals surface area contributed by atoms with E-state index in [1.54, 1.807) is 4.90 Å². The Hall–Kier alpha value is -1.06. The number of nitrogens with two attached hydrogens (primary N) is 1. The standard InChI is InChI=1S/C9H14N2O2/c10-9(13)7-4-5-8(12)11(7)6-2-1-3-6/h6-7H,1-5H2,(H2,10,13)/t7-/m0/s1. The first-order chi connectivity index (χ1) is 6.20. The first-order valence-electron chi connectivity index (χ1n) is 4.80. The third kappa shape index (κ3) is 1.30. The summed E-state index contributed by atoms with van der Waals surface area (Å²) in [6.07, 6.45) is 4.35. The summed E-state index contributed by atoms with van der Waals surface area (Å²) >= 11 is 0. The first-order valence-corrected chi connectivity index (χ1v) is 4.80. The van der Waals surface area contributed by atoms with Crippen molar-refractivity contribution >= 4 is 11.8 Å². The zero-order valence-corrected chi connectivity index (χ0v) is 7.53. The van der Waals surface area contributed by atoms with Crippen LogP contribution in [0, 0.1) is 0 Å². The number of rotatable bonds is 2. The Bertz CT molecular complexity index is 248. The molecule has 0 bridgehead atoms. The van der Waals surface area contributed by atoms with E-state index in [4.69, 9.17) is 5.73 Å². The Morgan fingerprint density at radius 1 is 1.38 bits per heavy atom. The van der Waals surface area contributed by atoms with Gasteiger partial charge in [-0.25, -0.2) is 0 Å². The van der Waals surface area contributed by atoms with Gasteiger partial charge in [0.05, 0.1) is 0 Å². The molecule has 4 heteroatoms. The molecule has 1 saturated carbocycles. The first kappa shape index (κ1) is 8.53. The second-order valence-corrected chi connectivity index (χ2v) is 3.84. The highest BCUT2D eigenvalue weighted by Crippen LogP contribution is 2.31. The smallest absolute Gasteiger partial charge is 0.240 e. The van der Waals surface area contributed by atoms with E-state index >= 15 is 0 Å². The zero-order valence-electron chi connectivity index (χ0n) is 7.53. The summed E-state index contributed by atoms with van der Waals surface area (Å²) in [5, 5.41) is 0. The van der Waals surface area contributed by atoms with Crippen molar-refractivity contribution in [2.75, 3.05) is 0 Å². The molecule has 2 amide bonds. The number of carbonyl (C=O) groups excluding carboxylic acids is 2. The van der Waals surface area contributed by atoms with E-state index in [1.807, 2.05) is 0 Å². The molecule has 13 heavy (non-hydrogen) atoms. The van der Waals surface area contributed by atoms with Crippen LogP contribution < -0.4 is 5.73 Å². The topological polar surface area (TPSA) is 63.4 Å². The van der Waals surface area contributed by atoms with Crippen LogP contribution in [0.15, 0.2) is 0 Å². The maximum absolute atomic E-state index is 11.4. The van der Waals surface area contributed by atoms with Crippen LogP contribution in [0.25, 0.3) is 0 Å². The minimum absolute atomic E-state index is 0.105. The lowest BCUT2D eigenvalue weighted by atomic mass is 9.91. The predicted octanol–water partition coefficient (Wildman–Crippen LogP) is 0.0152. The molecule has 0 spiro atoms. The number of nitrogens with zero attached hydrogens (tertiary/aromatic N) is 1. The molecule has 0 unspecified atom stereocenters. The van der Waals surface area contributed by atoms with Crippen LogP contribution in [0.3, 0.4) is 0 Å². The summed E-state index contributed by atoms with van der Waals surface area (Å²) in [4.78, 5) is 24.2. The van der Waals surface area contributed by atoms with Gasteiger partial charge < -0.3 is 10.6 Å². The van der Waals surface area contributed by atoms with E-state index in [-0.39, 0.29) is 17.9 Å². The number of amides is 2. The van der Waals surface area contributed by atoms with Crippen LogP contribution in [0.1, 0.15) is 32.1 Å². The zero-order chi connectivity index (χ0) is 9.42. The molecule has 0 aromatic heterocycles. The fourth-order valence-electron chi connectivity index (χ4n) is 2.10. The molecule has 1 heterocycles. The predicted molar refractivity (Wildman–Crippen MR) is 46.7 cm³/mol. The van der Waals surface area contributed by atoms with Gasteiger partial charge in [-0.15, -0.1) is 0 Å². The highest BCUT2D eigenvalue weighted by atomic mass is 16.2. The Balaban J connectivity index is 2.10. The van der Waals surface area contributed by atoms with Gasteiger partial charge in [-0.05, 0) is 25.7 Å². The van der Waals surface area contributed by atoms with Gasteiger partial charge in [0.25, 0.3) is 0 Å². The lowest BCUT2D eigenvalue weighted by Crippen LogP contribution is -2.50. The van der Waals surface area contributed by atoms with Gasteiger partial charge in [0.2, 0.25) is 11.8 Å². The van der Waals surface area contributed by atoms with Crippen molar-refractivity contribution in [1.29, 1.82) is 0 Å². The summed E-state index contributed by atoms with van der Waals surface area (Å²) in [5.41, 5.74) is 5.23. The van der Waals surface area contributed by atoms with E-state index < -0.39 is 0 Å². The van der Waals surface area contributed by atoms with Crippen molar-refractivity contribution in [2.24, 2.45) is 5.73 Å². The van der Waals surface area contributed by atoms with Gasteiger partial charge in [-0.3, -0.25) is 9.59 Å². The minimum atomic E-state index is -0.349. The molecule has 2 fully saturated rings. The third-order valence-electron chi connectivity index (χ3n) is 3.05. The van der Waals surface area contributed by atoms with Crippen molar-refractivity contribution in [1.82, 2.24) is 4.90 Å². The van der Waals surface area contributed by atoms with Crippen molar-refractivity contribution in [3.05, 3.63) is 0 Å². The molecule has 0 aromatic rings. The quantitative estimate of drug-likeness (QED) is 0.654. The summed E-state index contributed by atoms with van der Waals surface area (Å²) in [5.74, 6) is -0.244. The van der Waals surface area contributed by atoms with Crippen LogP contribution in [-0.4, -0.2) is 28.8 Å². The summed E-state index contributed by atoms with van der Waals surface area (Å²) in [6, 6.07) is -0.0229. The highest BCUT2D eigenvalue weighted by Gasteiger charge is 2.40. The molecule has 1 saturated heterocycles. The number of primary amides is 1. The molecular weight excluding hydrogens is 168 g/mol. The SMILES string of the molecule is NC(=O)[C@@H]1CCC(=O)N1C1CCC1. The number of likely N-dealkylation sites (tertiary alicyclic amines) is 1. The van der Waals surface area contributed by atoms with Crippen LogP contribution in [0.4, 0.5) is 0 Å². The maximum Gasteiger partial charge on any atom is 0.240 e. The van der Waals surface area contributed by atoms with Gasteiger partial charge >= 0.3 is 0 Å². The number of hydrogen-bond acceptors (Lipinski definition) is 2. The molecule has 2 rings (SSSR count). The highest BCUT2D eigenvalue weighted by molar-refractivity contribution is 5.90. The lowest BCUT2D eigenvalue weighted by molar-refractivity contribution is -0.138. The van der Waals surface area contributed by atoms with E-state index in [2.05, 4.69) is 0 Å². The molecular formula is C9H14N2O2. The summed E-state index contributed by atoms with van der Waals surface area (Å²) in [7, 11) is 0. The summed E-state index contributed by atoms with van der Waals surface area (Å²) < 4.78 is 0. The van der Waals surface area contributed by atoms with E-state index in [0.29, 0.717) is 18.9 Å². The van der Waals surface area contributed by atoms with Gasteiger partial charge in [-0.1, -0.05) is 0 Å². The molecule has 1 aliphatic heterocycles. The molecule has 1 aliphatic carbocycles. The van der Waals surface area contributed by atoms with E-state index in [9.17, 15) is 9.59 Å². The van der Waals surface area contributed by atoms with Crippen LogP contribution >= 0.6 is 0 Å².